The number of anilines is 1. The molecule has 6 heteroatoms. The molecule has 27 heavy (non-hydrogen) atoms. The van der Waals surface area contributed by atoms with E-state index in [-0.39, 0.29) is 5.91 Å². The van der Waals surface area contributed by atoms with Gasteiger partial charge in [0.05, 0.1) is 7.11 Å². The summed E-state index contributed by atoms with van der Waals surface area (Å²) < 4.78 is 5.88. The fourth-order valence-electron chi connectivity index (χ4n) is 2.48. The highest BCUT2D eigenvalue weighted by Crippen LogP contribution is 2.36. The van der Waals surface area contributed by atoms with Gasteiger partial charge in [-0.25, -0.2) is 4.79 Å². The number of nitrogens with one attached hydrogen (secondary N) is 1. The zero-order valence-corrected chi connectivity index (χ0v) is 16.8. The number of hydrogen-bond donors (Lipinski definition) is 1. The van der Waals surface area contributed by atoms with Gasteiger partial charge in [-0.3, -0.25) is 4.79 Å². The molecule has 0 saturated heterocycles. The summed E-state index contributed by atoms with van der Waals surface area (Å²) in [6.07, 6.45) is 3.15. The predicted octanol–water partition coefficient (Wildman–Crippen LogP) is 5.62. The van der Waals surface area contributed by atoms with Crippen molar-refractivity contribution in [2.45, 2.75) is 0 Å². The summed E-state index contributed by atoms with van der Waals surface area (Å²) in [5, 5.41) is 5.09. The van der Waals surface area contributed by atoms with Crippen molar-refractivity contribution >= 4 is 50.2 Å². The minimum Gasteiger partial charge on any atom is -0.465 e. The van der Waals surface area contributed by atoms with Crippen molar-refractivity contribution < 1.29 is 14.3 Å². The second kappa shape index (κ2) is 8.79. The lowest BCUT2D eigenvalue weighted by molar-refractivity contribution is -0.111. The Labute approximate surface area is 169 Å². The van der Waals surface area contributed by atoms with Crippen molar-refractivity contribution in [2.24, 2.45) is 0 Å². The van der Waals surface area contributed by atoms with Crippen LogP contribution in [0.2, 0.25) is 0 Å². The van der Waals surface area contributed by atoms with Crippen LogP contribution in [0.4, 0.5) is 5.00 Å². The van der Waals surface area contributed by atoms with Crippen LogP contribution in [-0.4, -0.2) is 19.0 Å². The largest absolute Gasteiger partial charge is 0.465 e. The van der Waals surface area contributed by atoms with Gasteiger partial charge >= 0.3 is 5.97 Å². The van der Waals surface area contributed by atoms with Gasteiger partial charge in [0.15, 0.2) is 0 Å². The van der Waals surface area contributed by atoms with Gasteiger partial charge in [-0.15, -0.1) is 11.3 Å². The summed E-state index contributed by atoms with van der Waals surface area (Å²) in [7, 11) is 1.33. The van der Waals surface area contributed by atoms with Crippen LogP contribution in [-0.2, 0) is 9.53 Å². The molecular formula is C21H16BrNO3S. The van der Waals surface area contributed by atoms with E-state index < -0.39 is 5.97 Å². The van der Waals surface area contributed by atoms with Gasteiger partial charge < -0.3 is 10.1 Å². The first-order valence-electron chi connectivity index (χ1n) is 8.08. The molecule has 0 aliphatic carbocycles. The van der Waals surface area contributed by atoms with Crippen LogP contribution in [0, 0.1) is 0 Å². The Balaban J connectivity index is 1.84. The van der Waals surface area contributed by atoms with E-state index in [9.17, 15) is 9.59 Å². The molecule has 1 amide bonds. The summed E-state index contributed by atoms with van der Waals surface area (Å²) in [4.78, 5) is 24.6. The molecule has 0 saturated carbocycles. The molecule has 136 valence electrons. The lowest BCUT2D eigenvalue weighted by atomic mass is 10.0. The molecule has 0 aliphatic rings. The van der Waals surface area contributed by atoms with Crippen LogP contribution in [0.3, 0.4) is 0 Å². The van der Waals surface area contributed by atoms with E-state index in [0.29, 0.717) is 10.6 Å². The number of thiophene rings is 1. The molecule has 2 aromatic carbocycles. The average molecular weight is 442 g/mol. The minimum absolute atomic E-state index is 0.315. The van der Waals surface area contributed by atoms with Crippen LogP contribution >= 0.6 is 27.3 Å². The second-order valence-corrected chi connectivity index (χ2v) is 7.38. The lowest BCUT2D eigenvalue weighted by Gasteiger charge is -2.06. The summed E-state index contributed by atoms with van der Waals surface area (Å²) in [6, 6.07) is 17.1. The fourth-order valence-corrected chi connectivity index (χ4v) is 3.71. The minimum atomic E-state index is -0.484. The molecule has 1 heterocycles. The zero-order chi connectivity index (χ0) is 19.2. The Bertz CT molecular complexity index is 978. The molecule has 0 fully saturated rings. The molecule has 0 atom stereocenters. The number of hydrogen-bond acceptors (Lipinski definition) is 4. The Morgan fingerprint density at radius 3 is 2.44 bits per heavy atom. The fraction of sp³-hybridized carbons (Fsp3) is 0.0476. The van der Waals surface area contributed by atoms with Crippen molar-refractivity contribution in [2.75, 3.05) is 12.4 Å². The van der Waals surface area contributed by atoms with E-state index in [0.717, 1.165) is 21.2 Å². The van der Waals surface area contributed by atoms with Gasteiger partial charge in [0.25, 0.3) is 0 Å². The third-order valence-electron chi connectivity index (χ3n) is 3.80. The van der Waals surface area contributed by atoms with Gasteiger partial charge in [-0.1, -0.05) is 58.4 Å². The lowest BCUT2D eigenvalue weighted by Crippen LogP contribution is -2.11. The molecule has 3 aromatic rings. The van der Waals surface area contributed by atoms with Crippen molar-refractivity contribution in [3.63, 3.8) is 0 Å². The van der Waals surface area contributed by atoms with Crippen molar-refractivity contribution in [1.29, 1.82) is 0 Å². The number of benzene rings is 2. The first kappa shape index (κ1) is 19.1. The first-order chi connectivity index (χ1) is 13.1. The topological polar surface area (TPSA) is 55.4 Å². The predicted molar refractivity (Wildman–Crippen MR) is 113 cm³/mol. The molecule has 0 spiro atoms. The Hall–Kier alpha value is -2.70. The Morgan fingerprint density at radius 2 is 1.78 bits per heavy atom. The highest BCUT2D eigenvalue weighted by atomic mass is 79.9. The number of rotatable bonds is 5. The van der Waals surface area contributed by atoms with Gasteiger partial charge in [0.1, 0.15) is 10.6 Å². The maximum Gasteiger partial charge on any atom is 0.341 e. The number of ether oxygens (including phenoxy) is 1. The van der Waals surface area contributed by atoms with E-state index in [4.69, 9.17) is 4.74 Å². The van der Waals surface area contributed by atoms with Gasteiger partial charge in [0.2, 0.25) is 5.91 Å². The number of carbonyl (C=O) groups excluding carboxylic acids is 2. The van der Waals surface area contributed by atoms with Gasteiger partial charge in [0, 0.05) is 21.5 Å². The SMILES string of the molecule is COC(=O)c1c(-c2ccccc2)csc1NC(=O)/C=C/c1ccc(Br)cc1. The van der Waals surface area contributed by atoms with E-state index in [1.54, 1.807) is 6.08 Å². The summed E-state index contributed by atoms with van der Waals surface area (Å²) in [6.45, 7) is 0. The quantitative estimate of drug-likeness (QED) is 0.413. The van der Waals surface area contributed by atoms with Crippen LogP contribution in [0.15, 0.2) is 70.5 Å². The number of carbonyl (C=O) groups is 2. The monoisotopic (exact) mass is 441 g/mol. The second-order valence-electron chi connectivity index (χ2n) is 5.59. The third-order valence-corrected chi connectivity index (χ3v) is 5.22. The van der Waals surface area contributed by atoms with E-state index in [2.05, 4.69) is 21.2 Å². The zero-order valence-electron chi connectivity index (χ0n) is 14.4. The molecule has 1 aromatic heterocycles. The first-order valence-corrected chi connectivity index (χ1v) is 9.75. The Kier molecular flexibility index (Phi) is 6.21. The molecule has 3 rings (SSSR count). The van der Waals surface area contributed by atoms with Crippen LogP contribution in [0.25, 0.3) is 17.2 Å². The summed E-state index contributed by atoms with van der Waals surface area (Å²) >= 11 is 4.67. The Morgan fingerprint density at radius 1 is 1.07 bits per heavy atom. The maximum atomic E-state index is 12.3. The molecular weight excluding hydrogens is 426 g/mol. The van der Waals surface area contributed by atoms with E-state index >= 15 is 0 Å². The number of methoxy groups -OCH3 is 1. The molecule has 0 aliphatic heterocycles. The molecule has 4 nitrogen and oxygen atoms in total. The van der Waals surface area contributed by atoms with Crippen LogP contribution in [0.5, 0.6) is 0 Å². The summed E-state index contributed by atoms with van der Waals surface area (Å²) in [5.41, 5.74) is 2.89. The van der Waals surface area contributed by atoms with E-state index in [1.807, 2.05) is 60.0 Å². The number of esters is 1. The van der Waals surface area contributed by atoms with Crippen molar-refractivity contribution in [3.05, 3.63) is 81.7 Å². The summed E-state index contributed by atoms with van der Waals surface area (Å²) in [5.74, 6) is -0.799. The van der Waals surface area contributed by atoms with Gasteiger partial charge in [-0.2, -0.15) is 0 Å². The van der Waals surface area contributed by atoms with Crippen LogP contribution in [0.1, 0.15) is 15.9 Å². The molecule has 1 N–H and O–H groups in total. The van der Waals surface area contributed by atoms with Crippen LogP contribution < -0.4 is 5.32 Å². The normalized spacial score (nSPS) is 10.7. The highest BCUT2D eigenvalue weighted by molar-refractivity contribution is 9.10. The van der Waals surface area contributed by atoms with Gasteiger partial charge in [-0.05, 0) is 29.3 Å². The third kappa shape index (κ3) is 4.72. The number of amides is 1. The van der Waals surface area contributed by atoms with E-state index in [1.165, 1.54) is 24.5 Å². The highest BCUT2D eigenvalue weighted by Gasteiger charge is 2.21. The average Bonchev–Trinajstić information content (AvgIpc) is 3.11. The maximum absolute atomic E-state index is 12.3. The van der Waals surface area contributed by atoms with Crippen molar-refractivity contribution in [1.82, 2.24) is 0 Å². The molecule has 0 unspecified atom stereocenters. The van der Waals surface area contributed by atoms with Crippen molar-refractivity contribution in [3.8, 4) is 11.1 Å². The molecule has 0 radical (unpaired) electrons. The smallest absolute Gasteiger partial charge is 0.341 e. The molecule has 0 bridgehead atoms. The number of halogens is 1. The standard InChI is InChI=1S/C21H16BrNO3S/c1-26-21(25)19-17(15-5-3-2-4-6-15)13-27-20(19)23-18(24)12-9-14-7-10-16(22)11-8-14/h2-13H,1H3,(H,23,24)/b12-9+.